The molecule has 0 aromatic heterocycles. The Balaban J connectivity index is 0.000000774. The van der Waals surface area contributed by atoms with Crippen molar-refractivity contribution in [2.75, 3.05) is 6.61 Å². The largest absolute Gasteiger partial charge is 0.368 e. The van der Waals surface area contributed by atoms with Gasteiger partial charge in [0.1, 0.15) is 11.9 Å². The van der Waals surface area contributed by atoms with Crippen LogP contribution in [0, 0.1) is 18.2 Å². The first-order valence-corrected chi connectivity index (χ1v) is 7.23. The van der Waals surface area contributed by atoms with Crippen LogP contribution in [0.2, 0.25) is 0 Å². The SMILES string of the molecule is CC.Cc1c(C(=N)c2cccc(F)c2)cccc1C1CO1. The minimum Gasteiger partial charge on any atom is -0.368 e. The average Bonchev–Trinajstić information content (AvgIpc) is 3.33. The topological polar surface area (TPSA) is 36.4 Å². The third-order valence-corrected chi connectivity index (χ3v) is 3.44. The summed E-state index contributed by atoms with van der Waals surface area (Å²) in [5.41, 5.74) is 3.94. The van der Waals surface area contributed by atoms with Gasteiger partial charge in [-0.1, -0.05) is 44.2 Å². The van der Waals surface area contributed by atoms with Gasteiger partial charge in [0.05, 0.1) is 12.3 Å². The van der Waals surface area contributed by atoms with E-state index in [-0.39, 0.29) is 11.9 Å². The summed E-state index contributed by atoms with van der Waals surface area (Å²) in [5, 5.41) is 8.26. The second kappa shape index (κ2) is 6.64. The van der Waals surface area contributed by atoms with Gasteiger partial charge in [0.25, 0.3) is 0 Å². The van der Waals surface area contributed by atoms with Crippen molar-refractivity contribution < 1.29 is 9.13 Å². The predicted octanol–water partition coefficient (Wildman–Crippen LogP) is 4.65. The summed E-state index contributed by atoms with van der Waals surface area (Å²) in [7, 11) is 0. The molecular weight excluding hydrogens is 265 g/mol. The van der Waals surface area contributed by atoms with E-state index < -0.39 is 0 Å². The lowest BCUT2D eigenvalue weighted by molar-refractivity contribution is 0.415. The maximum atomic E-state index is 13.2. The quantitative estimate of drug-likeness (QED) is 0.647. The Morgan fingerprint density at radius 2 is 1.86 bits per heavy atom. The fraction of sp³-hybridized carbons (Fsp3) is 0.278. The molecule has 21 heavy (non-hydrogen) atoms. The molecule has 110 valence electrons. The summed E-state index contributed by atoms with van der Waals surface area (Å²) in [6.45, 7) is 6.73. The lowest BCUT2D eigenvalue weighted by Gasteiger charge is -2.11. The molecule has 1 aliphatic heterocycles. The van der Waals surface area contributed by atoms with Gasteiger partial charge >= 0.3 is 0 Å². The van der Waals surface area contributed by atoms with E-state index in [1.165, 1.54) is 12.1 Å². The molecule has 3 rings (SSSR count). The van der Waals surface area contributed by atoms with Crippen molar-refractivity contribution in [3.05, 3.63) is 70.5 Å². The summed E-state index contributed by atoms with van der Waals surface area (Å²) >= 11 is 0. The summed E-state index contributed by atoms with van der Waals surface area (Å²) in [6, 6.07) is 12.0. The Morgan fingerprint density at radius 1 is 1.19 bits per heavy atom. The normalized spacial score (nSPS) is 15.9. The van der Waals surface area contributed by atoms with Crippen molar-refractivity contribution in [1.82, 2.24) is 0 Å². The first kappa shape index (κ1) is 15.4. The van der Waals surface area contributed by atoms with Gasteiger partial charge in [0, 0.05) is 11.1 Å². The molecule has 1 aliphatic rings. The van der Waals surface area contributed by atoms with E-state index in [0.29, 0.717) is 11.3 Å². The minimum absolute atomic E-state index is 0.167. The Hall–Kier alpha value is -2.00. The molecule has 1 saturated heterocycles. The number of benzene rings is 2. The van der Waals surface area contributed by atoms with Crippen LogP contribution in [0.25, 0.3) is 0 Å². The van der Waals surface area contributed by atoms with Crippen LogP contribution < -0.4 is 0 Å². The van der Waals surface area contributed by atoms with Crippen molar-refractivity contribution in [1.29, 1.82) is 5.41 Å². The Kier molecular flexibility index (Phi) is 4.86. The molecule has 1 fully saturated rings. The third kappa shape index (κ3) is 3.37. The molecule has 0 aliphatic carbocycles. The van der Waals surface area contributed by atoms with Crippen LogP contribution in [0.5, 0.6) is 0 Å². The van der Waals surface area contributed by atoms with Crippen LogP contribution in [0.3, 0.4) is 0 Å². The molecular formula is C18H20FNO. The fourth-order valence-electron chi connectivity index (χ4n) is 2.30. The molecule has 2 aromatic rings. The average molecular weight is 285 g/mol. The maximum Gasteiger partial charge on any atom is 0.123 e. The van der Waals surface area contributed by atoms with Gasteiger partial charge in [0.2, 0.25) is 0 Å². The Labute approximate surface area is 125 Å². The molecule has 0 radical (unpaired) electrons. The molecule has 0 amide bonds. The zero-order chi connectivity index (χ0) is 15.4. The number of epoxide rings is 1. The van der Waals surface area contributed by atoms with Crippen molar-refractivity contribution in [3.63, 3.8) is 0 Å². The van der Waals surface area contributed by atoms with Crippen LogP contribution in [0.1, 0.15) is 42.2 Å². The molecule has 1 heterocycles. The van der Waals surface area contributed by atoms with E-state index in [9.17, 15) is 4.39 Å². The Morgan fingerprint density at radius 3 is 2.48 bits per heavy atom. The van der Waals surface area contributed by atoms with Crippen LogP contribution in [-0.2, 0) is 4.74 Å². The molecule has 0 bridgehead atoms. The van der Waals surface area contributed by atoms with Gasteiger partial charge in [-0.3, -0.25) is 5.41 Å². The van der Waals surface area contributed by atoms with E-state index in [1.807, 2.05) is 39.0 Å². The summed E-state index contributed by atoms with van der Waals surface area (Å²) in [5.74, 6) is -0.318. The molecule has 0 saturated carbocycles. The van der Waals surface area contributed by atoms with Crippen molar-refractivity contribution in [2.24, 2.45) is 0 Å². The van der Waals surface area contributed by atoms with Crippen LogP contribution in [-0.4, -0.2) is 12.3 Å². The highest BCUT2D eigenvalue weighted by molar-refractivity contribution is 6.11. The second-order valence-corrected chi connectivity index (χ2v) is 4.73. The standard InChI is InChI=1S/C16H14FNO.C2H6/c1-10-13(15-9-19-15)6-3-7-14(10)16(18)11-4-2-5-12(17)8-11;1-2/h2-8,15,18H,9H2,1H3;1-2H3. The number of hydrogen-bond donors (Lipinski definition) is 1. The summed E-state index contributed by atoms with van der Waals surface area (Å²) in [4.78, 5) is 0. The lowest BCUT2D eigenvalue weighted by Crippen LogP contribution is -2.06. The van der Waals surface area contributed by atoms with Gasteiger partial charge in [-0.25, -0.2) is 4.39 Å². The van der Waals surface area contributed by atoms with Crippen molar-refractivity contribution in [2.45, 2.75) is 26.9 Å². The van der Waals surface area contributed by atoms with E-state index in [2.05, 4.69) is 0 Å². The minimum atomic E-state index is -0.318. The maximum absolute atomic E-state index is 13.2. The Bertz CT molecular complexity index is 647. The van der Waals surface area contributed by atoms with E-state index in [4.69, 9.17) is 10.1 Å². The van der Waals surface area contributed by atoms with Gasteiger partial charge in [0.15, 0.2) is 0 Å². The molecule has 1 atom stereocenters. The number of hydrogen-bond acceptors (Lipinski definition) is 2. The zero-order valence-electron chi connectivity index (χ0n) is 12.6. The summed E-state index contributed by atoms with van der Waals surface area (Å²) in [6.07, 6.45) is 0.167. The number of nitrogens with one attached hydrogen (secondary N) is 1. The highest BCUT2D eigenvalue weighted by Crippen LogP contribution is 2.33. The number of ether oxygens (including phenoxy) is 1. The first-order valence-electron chi connectivity index (χ1n) is 7.23. The van der Waals surface area contributed by atoms with Crippen LogP contribution >= 0.6 is 0 Å². The van der Waals surface area contributed by atoms with Gasteiger partial charge in [-0.2, -0.15) is 0 Å². The predicted molar refractivity (Wildman–Crippen MR) is 83.6 cm³/mol. The van der Waals surface area contributed by atoms with Gasteiger partial charge in [-0.15, -0.1) is 0 Å². The van der Waals surface area contributed by atoms with E-state index >= 15 is 0 Å². The number of rotatable bonds is 3. The smallest absolute Gasteiger partial charge is 0.123 e. The highest BCUT2D eigenvalue weighted by atomic mass is 19.1. The summed E-state index contributed by atoms with van der Waals surface area (Å²) < 4.78 is 18.5. The lowest BCUT2D eigenvalue weighted by atomic mass is 9.94. The first-order chi connectivity index (χ1) is 10.2. The van der Waals surface area contributed by atoms with Crippen LogP contribution in [0.15, 0.2) is 42.5 Å². The van der Waals surface area contributed by atoms with Gasteiger partial charge < -0.3 is 4.74 Å². The molecule has 0 spiro atoms. The molecule has 2 nitrogen and oxygen atoms in total. The van der Waals surface area contributed by atoms with E-state index in [1.54, 1.807) is 12.1 Å². The monoisotopic (exact) mass is 285 g/mol. The number of halogens is 1. The van der Waals surface area contributed by atoms with E-state index in [0.717, 1.165) is 23.3 Å². The molecule has 1 unspecified atom stereocenters. The van der Waals surface area contributed by atoms with Crippen LogP contribution in [0.4, 0.5) is 4.39 Å². The second-order valence-electron chi connectivity index (χ2n) is 4.73. The highest BCUT2D eigenvalue weighted by Gasteiger charge is 2.27. The zero-order valence-corrected chi connectivity index (χ0v) is 12.6. The van der Waals surface area contributed by atoms with Gasteiger partial charge in [-0.05, 0) is 30.2 Å². The third-order valence-electron chi connectivity index (χ3n) is 3.44. The van der Waals surface area contributed by atoms with Crippen molar-refractivity contribution in [3.8, 4) is 0 Å². The molecule has 1 N–H and O–H groups in total. The molecule has 2 aromatic carbocycles. The van der Waals surface area contributed by atoms with Crippen molar-refractivity contribution >= 4 is 5.71 Å². The molecule has 3 heteroatoms. The fourth-order valence-corrected chi connectivity index (χ4v) is 2.30.